The fourth-order valence-electron chi connectivity index (χ4n) is 2.55. The van der Waals surface area contributed by atoms with E-state index in [0.717, 1.165) is 35.4 Å². The van der Waals surface area contributed by atoms with E-state index in [0.29, 0.717) is 0 Å². The van der Waals surface area contributed by atoms with Gasteiger partial charge in [-0.3, -0.25) is 4.79 Å². The minimum atomic E-state index is -4.52. The minimum Gasteiger partial charge on any atom is -0.467 e. The first-order chi connectivity index (χ1) is 13.1. The lowest BCUT2D eigenvalue weighted by Crippen LogP contribution is -2.45. The summed E-state index contributed by atoms with van der Waals surface area (Å²) < 4.78 is 42.5. The van der Waals surface area contributed by atoms with Crippen LogP contribution in [-0.2, 0) is 26.9 Å². The second kappa shape index (κ2) is 8.88. The molecule has 2 rings (SSSR count). The summed E-state index contributed by atoms with van der Waals surface area (Å²) in [6.07, 6.45) is -6.11. The maximum absolute atomic E-state index is 12.6. The van der Waals surface area contributed by atoms with Crippen LogP contribution in [-0.4, -0.2) is 30.1 Å². The molecular formula is C20H20F3NO4. The van der Waals surface area contributed by atoms with E-state index in [1.165, 1.54) is 7.11 Å². The lowest BCUT2D eigenvalue weighted by atomic mass is 10.0. The van der Waals surface area contributed by atoms with E-state index in [4.69, 9.17) is 0 Å². The smallest absolute Gasteiger partial charge is 0.416 e. The summed E-state index contributed by atoms with van der Waals surface area (Å²) in [6, 6.07) is 9.81. The van der Waals surface area contributed by atoms with Crippen LogP contribution in [0.3, 0.4) is 0 Å². The number of hydrogen-bond acceptors (Lipinski definition) is 4. The van der Waals surface area contributed by atoms with Crippen molar-refractivity contribution in [1.82, 2.24) is 5.32 Å². The second-order valence-electron chi connectivity index (χ2n) is 6.30. The van der Waals surface area contributed by atoms with Gasteiger partial charge in [0.2, 0.25) is 0 Å². The van der Waals surface area contributed by atoms with Gasteiger partial charge in [0, 0.05) is 6.42 Å². The quantitative estimate of drug-likeness (QED) is 0.738. The second-order valence-corrected chi connectivity index (χ2v) is 6.30. The highest BCUT2D eigenvalue weighted by molar-refractivity contribution is 5.87. The number of esters is 1. The number of nitrogens with one attached hydrogen (secondary N) is 1. The molecule has 150 valence electrons. The molecule has 0 bridgehead atoms. The predicted octanol–water partition coefficient (Wildman–Crippen LogP) is 2.95. The number of methoxy groups -OCH3 is 1. The van der Waals surface area contributed by atoms with Crippen molar-refractivity contribution < 1.29 is 32.6 Å². The number of aliphatic hydroxyl groups excluding tert-OH is 1. The van der Waals surface area contributed by atoms with E-state index in [-0.39, 0.29) is 12.0 Å². The van der Waals surface area contributed by atoms with Crippen LogP contribution in [0.25, 0.3) is 0 Å². The van der Waals surface area contributed by atoms with Gasteiger partial charge >= 0.3 is 12.1 Å². The first kappa shape index (κ1) is 21.4. The van der Waals surface area contributed by atoms with Crippen LogP contribution in [0.15, 0.2) is 48.5 Å². The first-order valence-corrected chi connectivity index (χ1v) is 8.41. The van der Waals surface area contributed by atoms with Crippen LogP contribution in [0.5, 0.6) is 0 Å². The van der Waals surface area contributed by atoms with Gasteiger partial charge in [-0.2, -0.15) is 13.2 Å². The fraction of sp³-hybridized carbons (Fsp3) is 0.300. The Balaban J connectivity index is 2.11. The number of aryl methyl sites for hydroxylation is 1. The fourth-order valence-corrected chi connectivity index (χ4v) is 2.55. The molecule has 0 aliphatic carbocycles. The summed E-state index contributed by atoms with van der Waals surface area (Å²) >= 11 is 0. The predicted molar refractivity (Wildman–Crippen MR) is 95.2 cm³/mol. The number of ether oxygens (including phenoxy) is 1. The lowest BCUT2D eigenvalue weighted by molar-refractivity contribution is -0.146. The zero-order chi connectivity index (χ0) is 20.9. The highest BCUT2D eigenvalue weighted by atomic mass is 19.4. The average molecular weight is 395 g/mol. The molecule has 0 aromatic heterocycles. The number of carbonyl (C=O) groups is 2. The number of benzene rings is 2. The molecule has 5 nitrogen and oxygen atoms in total. The van der Waals surface area contributed by atoms with E-state index < -0.39 is 35.8 Å². The Morgan fingerprint density at radius 2 is 1.64 bits per heavy atom. The van der Waals surface area contributed by atoms with Crippen molar-refractivity contribution in [2.45, 2.75) is 31.7 Å². The van der Waals surface area contributed by atoms with Crippen LogP contribution >= 0.6 is 0 Å². The van der Waals surface area contributed by atoms with Gasteiger partial charge in [-0.25, -0.2) is 4.79 Å². The monoisotopic (exact) mass is 395 g/mol. The molecule has 2 aromatic carbocycles. The van der Waals surface area contributed by atoms with Crippen LogP contribution in [0, 0.1) is 6.92 Å². The zero-order valence-electron chi connectivity index (χ0n) is 15.3. The number of alkyl halides is 3. The third-order valence-electron chi connectivity index (χ3n) is 4.16. The molecule has 28 heavy (non-hydrogen) atoms. The summed E-state index contributed by atoms with van der Waals surface area (Å²) in [5.74, 6) is -1.61. The Morgan fingerprint density at radius 1 is 1.07 bits per heavy atom. The third-order valence-corrected chi connectivity index (χ3v) is 4.16. The van der Waals surface area contributed by atoms with E-state index in [1.54, 1.807) is 12.1 Å². The average Bonchev–Trinajstić information content (AvgIpc) is 2.67. The normalized spacial score (nSPS) is 13.5. The molecule has 0 fully saturated rings. The summed E-state index contributed by atoms with van der Waals surface area (Å²) in [7, 11) is 1.17. The Kier molecular flexibility index (Phi) is 6.80. The summed E-state index contributed by atoms with van der Waals surface area (Å²) in [5, 5.41) is 12.5. The molecule has 0 saturated heterocycles. The van der Waals surface area contributed by atoms with Gasteiger partial charge in [0.25, 0.3) is 5.91 Å². The molecule has 0 spiro atoms. The highest BCUT2D eigenvalue weighted by Gasteiger charge is 2.31. The van der Waals surface area contributed by atoms with E-state index in [9.17, 15) is 27.9 Å². The molecule has 0 radical (unpaired) electrons. The van der Waals surface area contributed by atoms with Gasteiger partial charge in [-0.15, -0.1) is 0 Å². The van der Waals surface area contributed by atoms with Crippen LogP contribution < -0.4 is 5.32 Å². The Bertz CT molecular complexity index is 817. The minimum absolute atomic E-state index is 0.0237. The molecule has 2 atom stereocenters. The Hall–Kier alpha value is -2.87. The van der Waals surface area contributed by atoms with Crippen molar-refractivity contribution in [3.05, 3.63) is 70.8 Å². The van der Waals surface area contributed by atoms with Gasteiger partial charge in [0.15, 0.2) is 6.10 Å². The van der Waals surface area contributed by atoms with Crippen molar-refractivity contribution in [3.8, 4) is 0 Å². The topological polar surface area (TPSA) is 75.6 Å². The molecule has 1 amide bonds. The molecule has 2 N–H and O–H groups in total. The van der Waals surface area contributed by atoms with E-state index >= 15 is 0 Å². The summed E-state index contributed by atoms with van der Waals surface area (Å²) in [5.41, 5.74) is 0.880. The Morgan fingerprint density at radius 3 is 2.14 bits per heavy atom. The molecule has 8 heteroatoms. The molecule has 0 unspecified atom stereocenters. The van der Waals surface area contributed by atoms with Crippen molar-refractivity contribution >= 4 is 11.9 Å². The summed E-state index contributed by atoms with van der Waals surface area (Å²) in [6.45, 7) is 1.91. The van der Waals surface area contributed by atoms with Gasteiger partial charge < -0.3 is 15.2 Å². The molecule has 0 aliphatic rings. The van der Waals surface area contributed by atoms with Gasteiger partial charge in [-0.1, -0.05) is 42.0 Å². The largest absolute Gasteiger partial charge is 0.467 e. The highest BCUT2D eigenvalue weighted by Crippen LogP contribution is 2.30. The third kappa shape index (κ3) is 5.56. The van der Waals surface area contributed by atoms with Gasteiger partial charge in [0.05, 0.1) is 12.7 Å². The van der Waals surface area contributed by atoms with Gasteiger partial charge in [-0.05, 0) is 30.2 Å². The molecule has 0 aliphatic heterocycles. The molecule has 0 saturated carbocycles. The molecule has 2 aromatic rings. The van der Waals surface area contributed by atoms with Gasteiger partial charge in [0.1, 0.15) is 6.04 Å². The SMILES string of the molecule is COC(=O)[C@H](Cc1ccc(C)cc1)NC(=O)[C@H](O)c1ccc(C(F)(F)F)cc1. The van der Waals surface area contributed by atoms with Crippen LogP contribution in [0.4, 0.5) is 13.2 Å². The van der Waals surface area contributed by atoms with Crippen LogP contribution in [0.1, 0.15) is 28.4 Å². The number of hydrogen-bond donors (Lipinski definition) is 2. The van der Waals surface area contributed by atoms with Crippen molar-refractivity contribution in [1.29, 1.82) is 0 Å². The van der Waals surface area contributed by atoms with E-state index in [1.807, 2.05) is 19.1 Å². The maximum atomic E-state index is 12.6. The lowest BCUT2D eigenvalue weighted by Gasteiger charge is -2.19. The number of halogens is 3. The zero-order valence-corrected chi connectivity index (χ0v) is 15.3. The number of amides is 1. The number of aliphatic hydroxyl groups is 1. The van der Waals surface area contributed by atoms with E-state index in [2.05, 4.69) is 10.1 Å². The maximum Gasteiger partial charge on any atom is 0.416 e. The Labute approximate surface area is 160 Å². The van der Waals surface area contributed by atoms with Crippen molar-refractivity contribution in [3.63, 3.8) is 0 Å². The number of carbonyl (C=O) groups excluding carboxylic acids is 2. The van der Waals surface area contributed by atoms with Crippen molar-refractivity contribution in [2.24, 2.45) is 0 Å². The number of rotatable bonds is 6. The first-order valence-electron chi connectivity index (χ1n) is 8.41. The summed E-state index contributed by atoms with van der Waals surface area (Å²) in [4.78, 5) is 24.3. The standard InChI is InChI=1S/C20H20F3NO4/c1-12-3-5-13(6-4-12)11-16(19(27)28-2)24-18(26)17(25)14-7-9-15(10-8-14)20(21,22)23/h3-10,16-17,25H,11H2,1-2H3,(H,24,26)/t16-,17+/m0/s1. The molecule has 0 heterocycles. The van der Waals surface area contributed by atoms with Crippen molar-refractivity contribution in [2.75, 3.05) is 7.11 Å². The molecular weight excluding hydrogens is 375 g/mol. The van der Waals surface area contributed by atoms with Crippen LogP contribution in [0.2, 0.25) is 0 Å².